The Bertz CT molecular complexity index is 595. The fourth-order valence-electron chi connectivity index (χ4n) is 2.61. The summed E-state index contributed by atoms with van der Waals surface area (Å²) in [4.78, 5) is 4.08. The van der Waals surface area contributed by atoms with Gasteiger partial charge in [-0.1, -0.05) is 25.1 Å². The maximum atomic E-state index is 12.6. The molecule has 0 unspecified atom stereocenters. The molecule has 7 heteroatoms. The number of hydrogen-bond acceptors (Lipinski definition) is 4. The Labute approximate surface area is 125 Å². The second-order valence-electron chi connectivity index (χ2n) is 5.15. The fourth-order valence-corrected chi connectivity index (χ4v) is 4.23. The van der Waals surface area contributed by atoms with Gasteiger partial charge in [-0.05, 0) is 30.9 Å². The van der Waals surface area contributed by atoms with Crippen LogP contribution in [0.15, 0.2) is 23.2 Å². The van der Waals surface area contributed by atoms with E-state index in [2.05, 4.69) is 4.98 Å². The summed E-state index contributed by atoms with van der Waals surface area (Å²) in [7, 11) is -2.00. The molecule has 1 aromatic rings. The van der Waals surface area contributed by atoms with Crippen LogP contribution in [0.1, 0.15) is 31.4 Å². The molecule has 2 N–H and O–H groups in total. The minimum Gasteiger partial charge on any atom is -0.388 e. The summed E-state index contributed by atoms with van der Waals surface area (Å²) in [6.45, 7) is 0.536. The minimum atomic E-state index is -3.60. The van der Waals surface area contributed by atoms with Crippen molar-refractivity contribution in [2.24, 2.45) is 11.7 Å². The molecule has 1 aromatic heterocycles. The number of nitrogens with zero attached hydrogens (tertiary/aromatic N) is 2. The molecule has 110 valence electrons. The van der Waals surface area contributed by atoms with Crippen LogP contribution in [0.25, 0.3) is 0 Å². The third kappa shape index (κ3) is 3.16. The third-order valence-corrected chi connectivity index (χ3v) is 5.73. The first-order chi connectivity index (χ1) is 9.43. The van der Waals surface area contributed by atoms with Crippen molar-refractivity contribution in [2.75, 3.05) is 13.6 Å². The van der Waals surface area contributed by atoms with Crippen molar-refractivity contribution in [3.05, 3.63) is 24.0 Å². The molecule has 20 heavy (non-hydrogen) atoms. The Hall–Kier alpha value is -1.05. The van der Waals surface area contributed by atoms with E-state index >= 15 is 0 Å². The highest BCUT2D eigenvalue weighted by molar-refractivity contribution is 7.89. The lowest BCUT2D eigenvalue weighted by Gasteiger charge is -2.21. The number of aromatic nitrogens is 1. The van der Waals surface area contributed by atoms with Crippen molar-refractivity contribution in [1.29, 1.82) is 0 Å². The molecule has 0 saturated heterocycles. The number of pyridine rings is 1. The predicted molar refractivity (Wildman–Crippen MR) is 81.9 cm³/mol. The summed E-state index contributed by atoms with van der Waals surface area (Å²) in [5.41, 5.74) is 5.73. The number of thiocarbonyl (C=S) groups is 1. The monoisotopic (exact) mass is 313 g/mol. The molecule has 0 spiro atoms. The Morgan fingerprint density at radius 1 is 1.50 bits per heavy atom. The largest absolute Gasteiger partial charge is 0.388 e. The highest BCUT2D eigenvalue weighted by atomic mass is 32.2. The van der Waals surface area contributed by atoms with E-state index < -0.39 is 10.0 Å². The van der Waals surface area contributed by atoms with E-state index in [9.17, 15) is 8.42 Å². The summed E-state index contributed by atoms with van der Waals surface area (Å²) in [6, 6.07) is 3.08. The van der Waals surface area contributed by atoms with Crippen molar-refractivity contribution in [1.82, 2.24) is 9.29 Å². The first kappa shape index (κ1) is 15.3. The highest BCUT2D eigenvalue weighted by Crippen LogP contribution is 2.27. The van der Waals surface area contributed by atoms with Crippen molar-refractivity contribution < 1.29 is 8.42 Å². The van der Waals surface area contributed by atoms with E-state index in [1.54, 1.807) is 13.1 Å². The molecule has 2 rings (SSSR count). The Morgan fingerprint density at radius 2 is 2.15 bits per heavy atom. The number of nitrogens with two attached hydrogens (primary N) is 1. The van der Waals surface area contributed by atoms with Crippen LogP contribution in [-0.4, -0.2) is 36.3 Å². The van der Waals surface area contributed by atoms with Gasteiger partial charge in [0.25, 0.3) is 0 Å². The lowest BCUT2D eigenvalue weighted by molar-refractivity contribution is 0.387. The summed E-state index contributed by atoms with van der Waals surface area (Å²) in [6.07, 6.45) is 6.04. The second kappa shape index (κ2) is 6.15. The molecule has 0 atom stereocenters. The molecule has 1 heterocycles. The van der Waals surface area contributed by atoms with Crippen LogP contribution >= 0.6 is 12.2 Å². The van der Waals surface area contributed by atoms with Gasteiger partial charge < -0.3 is 5.73 Å². The van der Waals surface area contributed by atoms with Crippen LogP contribution in [0, 0.1) is 5.92 Å². The maximum absolute atomic E-state index is 12.6. The molecule has 1 aliphatic carbocycles. The molecule has 0 aliphatic heterocycles. The molecular weight excluding hydrogens is 294 g/mol. The van der Waals surface area contributed by atoms with Gasteiger partial charge in [0.2, 0.25) is 10.0 Å². The van der Waals surface area contributed by atoms with Gasteiger partial charge in [0, 0.05) is 19.8 Å². The van der Waals surface area contributed by atoms with Gasteiger partial charge in [0.1, 0.15) is 15.6 Å². The number of rotatable bonds is 5. The summed E-state index contributed by atoms with van der Waals surface area (Å²) in [5.74, 6) is 0.444. The van der Waals surface area contributed by atoms with Crippen LogP contribution < -0.4 is 5.73 Å². The molecule has 0 bridgehead atoms. The van der Waals surface area contributed by atoms with Crippen LogP contribution in [0.4, 0.5) is 0 Å². The number of hydrogen-bond donors (Lipinski definition) is 1. The predicted octanol–water partition coefficient (Wildman–Crippen LogP) is 1.53. The molecule has 1 saturated carbocycles. The van der Waals surface area contributed by atoms with Crippen LogP contribution in [-0.2, 0) is 10.0 Å². The van der Waals surface area contributed by atoms with E-state index in [4.69, 9.17) is 18.0 Å². The van der Waals surface area contributed by atoms with Gasteiger partial charge in [-0.2, -0.15) is 0 Å². The Morgan fingerprint density at radius 3 is 2.75 bits per heavy atom. The van der Waals surface area contributed by atoms with E-state index in [1.165, 1.54) is 29.4 Å². The zero-order valence-corrected chi connectivity index (χ0v) is 13.1. The Balaban J connectivity index is 2.27. The summed E-state index contributed by atoms with van der Waals surface area (Å²) in [5, 5.41) is 0. The normalized spacial score (nSPS) is 16.7. The van der Waals surface area contributed by atoms with Crippen molar-refractivity contribution in [2.45, 2.75) is 30.6 Å². The van der Waals surface area contributed by atoms with Crippen LogP contribution in [0.3, 0.4) is 0 Å². The van der Waals surface area contributed by atoms with Gasteiger partial charge >= 0.3 is 0 Å². The van der Waals surface area contributed by atoms with E-state index in [-0.39, 0.29) is 15.6 Å². The van der Waals surface area contributed by atoms with Gasteiger partial charge in [-0.15, -0.1) is 0 Å². The standard InChI is InChI=1S/C13H19N3O2S2/c1-16(9-10-5-2-3-6-10)20(17,18)11-7-4-8-15-12(11)13(14)19/h4,7-8,10H,2-3,5-6,9H2,1H3,(H2,14,19). The summed E-state index contributed by atoms with van der Waals surface area (Å²) < 4.78 is 26.6. The first-order valence-corrected chi connectivity index (χ1v) is 8.49. The molecule has 1 fully saturated rings. The summed E-state index contributed by atoms with van der Waals surface area (Å²) >= 11 is 4.88. The van der Waals surface area contributed by atoms with Gasteiger partial charge in [-0.25, -0.2) is 12.7 Å². The average molecular weight is 313 g/mol. The van der Waals surface area contributed by atoms with Gasteiger partial charge in [0.15, 0.2) is 0 Å². The van der Waals surface area contributed by atoms with Crippen molar-refractivity contribution in [3.63, 3.8) is 0 Å². The molecular formula is C13H19N3O2S2. The van der Waals surface area contributed by atoms with Crippen LogP contribution in [0.5, 0.6) is 0 Å². The zero-order valence-electron chi connectivity index (χ0n) is 11.4. The molecule has 1 aliphatic rings. The van der Waals surface area contributed by atoms with E-state index in [0.717, 1.165) is 12.8 Å². The minimum absolute atomic E-state index is 0.00144. The first-order valence-electron chi connectivity index (χ1n) is 6.64. The van der Waals surface area contributed by atoms with Crippen molar-refractivity contribution >= 4 is 27.2 Å². The Kier molecular flexibility index (Phi) is 4.72. The molecule has 5 nitrogen and oxygen atoms in total. The third-order valence-electron chi connectivity index (χ3n) is 3.68. The SMILES string of the molecule is CN(CC1CCCC1)S(=O)(=O)c1cccnc1C(N)=S. The fraction of sp³-hybridized carbons (Fsp3) is 0.538. The van der Waals surface area contributed by atoms with Gasteiger partial charge in [0.05, 0.1) is 0 Å². The average Bonchev–Trinajstić information content (AvgIpc) is 2.91. The van der Waals surface area contributed by atoms with E-state index in [0.29, 0.717) is 12.5 Å². The van der Waals surface area contributed by atoms with Crippen LogP contribution in [0.2, 0.25) is 0 Å². The lowest BCUT2D eigenvalue weighted by atomic mass is 10.1. The second-order valence-corrected chi connectivity index (χ2v) is 7.60. The maximum Gasteiger partial charge on any atom is 0.245 e. The molecule has 0 aromatic carbocycles. The molecule has 0 radical (unpaired) electrons. The smallest absolute Gasteiger partial charge is 0.245 e. The van der Waals surface area contributed by atoms with E-state index in [1.807, 2.05) is 0 Å². The topological polar surface area (TPSA) is 76.3 Å². The highest BCUT2D eigenvalue weighted by Gasteiger charge is 2.28. The molecule has 0 amide bonds. The zero-order chi connectivity index (χ0) is 14.8. The lowest BCUT2D eigenvalue weighted by Crippen LogP contribution is -2.33. The number of sulfonamides is 1. The van der Waals surface area contributed by atoms with Gasteiger partial charge in [-0.3, -0.25) is 4.98 Å². The quantitative estimate of drug-likeness (QED) is 0.834. The van der Waals surface area contributed by atoms with Crippen molar-refractivity contribution in [3.8, 4) is 0 Å².